The monoisotopic (exact) mass is 249 g/mol. The molecule has 1 aliphatic rings. The zero-order valence-electron chi connectivity index (χ0n) is 11.1. The summed E-state index contributed by atoms with van der Waals surface area (Å²) < 4.78 is 0. The first-order chi connectivity index (χ1) is 9.42. The van der Waals surface area contributed by atoms with Crippen LogP contribution >= 0.6 is 0 Å². The Balaban J connectivity index is 1.53. The first-order valence-corrected chi connectivity index (χ1v) is 7.07. The summed E-state index contributed by atoms with van der Waals surface area (Å²) in [5.74, 6) is 0. The molecule has 2 aromatic carbocycles. The van der Waals surface area contributed by atoms with Gasteiger partial charge < -0.3 is 0 Å². The van der Waals surface area contributed by atoms with Crippen molar-refractivity contribution >= 4 is 6.21 Å². The number of hydrogen-bond donors (Lipinski definition) is 0. The average molecular weight is 249 g/mol. The van der Waals surface area contributed by atoms with Crippen LogP contribution in [0, 0.1) is 0 Å². The van der Waals surface area contributed by atoms with Crippen molar-refractivity contribution in [2.24, 2.45) is 4.99 Å². The van der Waals surface area contributed by atoms with E-state index in [1.165, 1.54) is 29.5 Å². The fourth-order valence-electron chi connectivity index (χ4n) is 2.70. The van der Waals surface area contributed by atoms with Crippen molar-refractivity contribution in [2.45, 2.75) is 31.7 Å². The van der Waals surface area contributed by atoms with Gasteiger partial charge in [0.1, 0.15) is 0 Å². The second-order valence-electron chi connectivity index (χ2n) is 5.21. The normalized spacial score (nSPS) is 17.2. The molecule has 0 N–H and O–H groups in total. The van der Waals surface area contributed by atoms with Gasteiger partial charge in [0, 0.05) is 6.21 Å². The van der Waals surface area contributed by atoms with E-state index in [0.717, 1.165) is 12.8 Å². The third kappa shape index (κ3) is 3.11. The highest BCUT2D eigenvalue weighted by Gasteiger charge is 2.13. The minimum absolute atomic E-state index is 0.471. The molecule has 96 valence electrons. The molecule has 3 rings (SSSR count). The molecule has 19 heavy (non-hydrogen) atoms. The molecule has 0 aromatic heterocycles. The topological polar surface area (TPSA) is 12.4 Å². The second-order valence-corrected chi connectivity index (χ2v) is 5.21. The predicted octanol–water partition coefficient (Wildman–Crippen LogP) is 4.05. The van der Waals surface area contributed by atoms with Crippen molar-refractivity contribution in [2.75, 3.05) is 0 Å². The number of aryl methyl sites for hydroxylation is 1. The standard InChI is InChI=1S/C18H19N/c1-2-7-15(8-3-1)9-6-12-18-13-16-10-4-5-11-17(16)14-19-18/h1-5,7-8,10-11,14,18H,6,9,12-13H2. The van der Waals surface area contributed by atoms with E-state index in [9.17, 15) is 0 Å². The van der Waals surface area contributed by atoms with Crippen LogP contribution in [0.4, 0.5) is 0 Å². The summed E-state index contributed by atoms with van der Waals surface area (Å²) in [6.07, 6.45) is 6.70. The molecule has 1 nitrogen and oxygen atoms in total. The van der Waals surface area contributed by atoms with Crippen molar-refractivity contribution in [1.82, 2.24) is 0 Å². The molecule has 1 aliphatic heterocycles. The lowest BCUT2D eigenvalue weighted by Gasteiger charge is -2.18. The van der Waals surface area contributed by atoms with Gasteiger partial charge in [-0.1, -0.05) is 54.6 Å². The molecule has 0 bridgehead atoms. The van der Waals surface area contributed by atoms with Crippen molar-refractivity contribution in [3.8, 4) is 0 Å². The summed E-state index contributed by atoms with van der Waals surface area (Å²) in [5.41, 5.74) is 4.17. The zero-order chi connectivity index (χ0) is 12.9. The van der Waals surface area contributed by atoms with Gasteiger partial charge in [0.2, 0.25) is 0 Å². The van der Waals surface area contributed by atoms with Gasteiger partial charge in [0.15, 0.2) is 0 Å². The Morgan fingerprint density at radius 2 is 1.74 bits per heavy atom. The maximum Gasteiger partial charge on any atom is 0.0540 e. The van der Waals surface area contributed by atoms with Crippen molar-refractivity contribution in [3.63, 3.8) is 0 Å². The van der Waals surface area contributed by atoms with Crippen LogP contribution in [0.5, 0.6) is 0 Å². The molecule has 1 atom stereocenters. The lowest BCUT2D eigenvalue weighted by molar-refractivity contribution is 0.579. The summed E-state index contributed by atoms with van der Waals surface area (Å²) in [7, 11) is 0. The van der Waals surface area contributed by atoms with E-state index in [1.807, 2.05) is 6.21 Å². The fraction of sp³-hybridized carbons (Fsp3) is 0.278. The SMILES string of the molecule is C1=NC(CCCc2ccccc2)Cc2ccccc21. The van der Waals surface area contributed by atoms with Crippen LogP contribution in [-0.4, -0.2) is 12.3 Å². The van der Waals surface area contributed by atoms with E-state index >= 15 is 0 Å². The maximum atomic E-state index is 4.68. The van der Waals surface area contributed by atoms with E-state index in [0.29, 0.717) is 6.04 Å². The van der Waals surface area contributed by atoms with Crippen molar-refractivity contribution in [1.29, 1.82) is 0 Å². The minimum atomic E-state index is 0.471. The smallest absolute Gasteiger partial charge is 0.0540 e. The third-order valence-electron chi connectivity index (χ3n) is 3.78. The quantitative estimate of drug-likeness (QED) is 0.775. The van der Waals surface area contributed by atoms with Gasteiger partial charge in [-0.25, -0.2) is 0 Å². The summed E-state index contributed by atoms with van der Waals surface area (Å²) in [5, 5.41) is 0. The Morgan fingerprint density at radius 1 is 0.947 bits per heavy atom. The maximum absolute atomic E-state index is 4.68. The van der Waals surface area contributed by atoms with Gasteiger partial charge in [-0.15, -0.1) is 0 Å². The van der Waals surface area contributed by atoms with Crippen LogP contribution in [0.2, 0.25) is 0 Å². The fourth-order valence-corrected chi connectivity index (χ4v) is 2.70. The van der Waals surface area contributed by atoms with Gasteiger partial charge in [0.05, 0.1) is 6.04 Å². The number of hydrogen-bond acceptors (Lipinski definition) is 1. The Hall–Kier alpha value is -1.89. The Kier molecular flexibility index (Phi) is 3.73. The third-order valence-corrected chi connectivity index (χ3v) is 3.78. The Bertz CT molecular complexity index is 557. The molecule has 0 saturated carbocycles. The lowest BCUT2D eigenvalue weighted by atomic mass is 9.94. The van der Waals surface area contributed by atoms with Crippen LogP contribution in [0.1, 0.15) is 29.5 Å². The summed E-state index contributed by atoms with van der Waals surface area (Å²) >= 11 is 0. The van der Waals surface area contributed by atoms with Crippen LogP contribution in [0.3, 0.4) is 0 Å². The summed E-state index contributed by atoms with van der Waals surface area (Å²) in [6.45, 7) is 0. The van der Waals surface area contributed by atoms with Gasteiger partial charge in [0.25, 0.3) is 0 Å². The highest BCUT2D eigenvalue weighted by atomic mass is 14.8. The Labute approximate surface area is 115 Å². The van der Waals surface area contributed by atoms with E-state index in [1.54, 1.807) is 0 Å². The van der Waals surface area contributed by atoms with E-state index in [2.05, 4.69) is 59.6 Å². The number of rotatable bonds is 4. The molecule has 0 saturated heterocycles. The van der Waals surface area contributed by atoms with Crippen LogP contribution in [0.25, 0.3) is 0 Å². The number of fused-ring (bicyclic) bond motifs is 1. The van der Waals surface area contributed by atoms with E-state index in [4.69, 9.17) is 0 Å². The molecule has 2 aromatic rings. The largest absolute Gasteiger partial charge is 0.289 e. The molecular formula is C18H19N. The highest BCUT2D eigenvalue weighted by molar-refractivity contribution is 5.83. The number of benzene rings is 2. The van der Waals surface area contributed by atoms with Gasteiger partial charge in [-0.2, -0.15) is 0 Å². The second kappa shape index (κ2) is 5.83. The average Bonchev–Trinajstić information content (AvgIpc) is 2.48. The van der Waals surface area contributed by atoms with E-state index < -0.39 is 0 Å². The van der Waals surface area contributed by atoms with Crippen LogP contribution in [-0.2, 0) is 12.8 Å². The Morgan fingerprint density at radius 3 is 2.63 bits per heavy atom. The molecule has 1 heteroatoms. The molecule has 1 heterocycles. The van der Waals surface area contributed by atoms with Gasteiger partial charge in [-0.3, -0.25) is 4.99 Å². The van der Waals surface area contributed by atoms with Crippen LogP contribution < -0.4 is 0 Å². The highest BCUT2D eigenvalue weighted by Crippen LogP contribution is 2.19. The van der Waals surface area contributed by atoms with Crippen molar-refractivity contribution in [3.05, 3.63) is 71.3 Å². The molecular weight excluding hydrogens is 230 g/mol. The van der Waals surface area contributed by atoms with E-state index in [-0.39, 0.29) is 0 Å². The lowest BCUT2D eigenvalue weighted by Crippen LogP contribution is -2.15. The first-order valence-electron chi connectivity index (χ1n) is 7.07. The minimum Gasteiger partial charge on any atom is -0.289 e. The van der Waals surface area contributed by atoms with Gasteiger partial charge in [-0.05, 0) is 42.4 Å². The summed E-state index contributed by atoms with van der Waals surface area (Å²) in [4.78, 5) is 4.68. The molecule has 0 aliphatic carbocycles. The number of nitrogens with zero attached hydrogens (tertiary/aromatic N) is 1. The molecule has 1 unspecified atom stereocenters. The number of aliphatic imine (C=N–C) groups is 1. The van der Waals surface area contributed by atoms with Crippen molar-refractivity contribution < 1.29 is 0 Å². The summed E-state index contributed by atoms with van der Waals surface area (Å²) in [6, 6.07) is 19.8. The molecule has 0 spiro atoms. The zero-order valence-corrected chi connectivity index (χ0v) is 11.1. The van der Waals surface area contributed by atoms with Crippen LogP contribution in [0.15, 0.2) is 59.6 Å². The first kappa shape index (κ1) is 12.2. The predicted molar refractivity (Wildman–Crippen MR) is 80.9 cm³/mol. The molecule has 0 amide bonds. The molecule has 0 radical (unpaired) electrons. The van der Waals surface area contributed by atoms with Gasteiger partial charge >= 0.3 is 0 Å². The molecule has 0 fully saturated rings.